The third-order valence-corrected chi connectivity index (χ3v) is 3.62. The third-order valence-electron chi connectivity index (χ3n) is 3.36. The monoisotopic (exact) mass is 376 g/mol. The maximum atomic E-state index is 11.9. The molecule has 0 aliphatic carbocycles. The molecule has 2 N–H and O–H groups in total. The fourth-order valence-corrected chi connectivity index (χ4v) is 2.20. The molecule has 2 amide bonds. The first kappa shape index (κ1) is 17.6. The Labute approximate surface area is 153 Å². The first-order chi connectivity index (χ1) is 12.5. The summed E-state index contributed by atoms with van der Waals surface area (Å²) in [5, 5.41) is 0.487. The lowest BCUT2D eigenvalue weighted by Crippen LogP contribution is -2.43. The Morgan fingerprint density at radius 2 is 1.65 bits per heavy atom. The van der Waals surface area contributed by atoms with Crippen molar-refractivity contribution < 1.29 is 28.6 Å². The molecular weight excluding hydrogens is 364 g/mol. The number of esters is 1. The molecule has 1 aliphatic heterocycles. The van der Waals surface area contributed by atoms with E-state index in [4.69, 9.17) is 25.8 Å². The zero-order valence-electron chi connectivity index (χ0n) is 13.3. The lowest BCUT2D eigenvalue weighted by Gasteiger charge is -2.08. The van der Waals surface area contributed by atoms with Crippen LogP contribution in [0.4, 0.5) is 0 Å². The highest BCUT2D eigenvalue weighted by atomic mass is 35.5. The molecule has 2 aromatic carbocycles. The summed E-state index contributed by atoms with van der Waals surface area (Å²) in [6.07, 6.45) is 0. The summed E-state index contributed by atoms with van der Waals surface area (Å²) in [6.45, 7) is -0.474. The molecule has 0 unspecified atom stereocenters. The molecule has 26 heavy (non-hydrogen) atoms. The Balaban J connectivity index is 1.45. The molecule has 8 nitrogen and oxygen atoms in total. The summed E-state index contributed by atoms with van der Waals surface area (Å²) in [4.78, 5) is 35.5. The van der Waals surface area contributed by atoms with Gasteiger partial charge in [0.15, 0.2) is 18.1 Å². The predicted molar refractivity (Wildman–Crippen MR) is 89.9 cm³/mol. The van der Waals surface area contributed by atoms with Gasteiger partial charge in [0, 0.05) is 10.6 Å². The van der Waals surface area contributed by atoms with Crippen molar-refractivity contribution in [3.8, 4) is 11.5 Å². The van der Waals surface area contributed by atoms with Crippen LogP contribution < -0.4 is 20.3 Å². The quantitative estimate of drug-likeness (QED) is 0.621. The topological polar surface area (TPSA) is 103 Å². The minimum atomic E-state index is -0.706. The number of ether oxygens (including phenoxy) is 3. The molecule has 9 heteroatoms. The van der Waals surface area contributed by atoms with Crippen molar-refractivity contribution in [2.45, 2.75) is 0 Å². The number of amides is 2. The molecule has 2 aromatic rings. The SMILES string of the molecule is O=C(COC(=O)c1ccc2c(c1)OCO2)NNC(=O)c1ccc(Cl)cc1. The molecular formula is C17H13ClN2O6. The lowest BCUT2D eigenvalue weighted by atomic mass is 10.2. The van der Waals surface area contributed by atoms with Gasteiger partial charge in [0.1, 0.15) is 0 Å². The fourth-order valence-electron chi connectivity index (χ4n) is 2.07. The summed E-state index contributed by atoms with van der Waals surface area (Å²) in [5.74, 6) is -0.968. The van der Waals surface area contributed by atoms with E-state index in [1.807, 2.05) is 0 Å². The Hall–Kier alpha value is -3.26. The number of benzene rings is 2. The number of carbonyl (C=O) groups is 3. The predicted octanol–water partition coefficient (Wildman–Crippen LogP) is 1.69. The molecule has 134 valence electrons. The van der Waals surface area contributed by atoms with Crippen LogP contribution in [0.5, 0.6) is 11.5 Å². The molecule has 1 heterocycles. The van der Waals surface area contributed by atoms with Gasteiger partial charge in [0.2, 0.25) is 6.79 Å². The number of carbonyl (C=O) groups excluding carboxylic acids is 3. The fraction of sp³-hybridized carbons (Fsp3) is 0.118. The van der Waals surface area contributed by atoms with Crippen LogP contribution in [-0.2, 0) is 9.53 Å². The van der Waals surface area contributed by atoms with Gasteiger partial charge in [-0.3, -0.25) is 20.4 Å². The second kappa shape index (κ2) is 7.75. The Morgan fingerprint density at radius 1 is 0.962 bits per heavy atom. The van der Waals surface area contributed by atoms with Gasteiger partial charge >= 0.3 is 5.97 Å². The van der Waals surface area contributed by atoms with Crippen molar-refractivity contribution in [3.63, 3.8) is 0 Å². The van der Waals surface area contributed by atoms with Crippen LogP contribution in [0.1, 0.15) is 20.7 Å². The smallest absolute Gasteiger partial charge is 0.338 e. The molecule has 0 aromatic heterocycles. The standard InChI is InChI=1S/C17H13ClN2O6/c18-12-4-1-10(2-5-12)16(22)20-19-15(21)8-24-17(23)11-3-6-13-14(7-11)26-9-25-13/h1-7H,8-9H2,(H,19,21)(H,20,22). The summed E-state index contributed by atoms with van der Waals surface area (Å²) in [6, 6.07) is 10.6. The number of rotatable bonds is 4. The van der Waals surface area contributed by atoms with E-state index in [0.29, 0.717) is 22.1 Å². The maximum absolute atomic E-state index is 11.9. The van der Waals surface area contributed by atoms with E-state index in [1.54, 1.807) is 18.2 Å². The van der Waals surface area contributed by atoms with Crippen LogP contribution in [0.25, 0.3) is 0 Å². The normalized spacial score (nSPS) is 11.6. The van der Waals surface area contributed by atoms with Crippen molar-refractivity contribution in [2.24, 2.45) is 0 Å². The first-order valence-corrected chi connectivity index (χ1v) is 7.82. The Morgan fingerprint density at radius 3 is 2.42 bits per heavy atom. The summed E-state index contributed by atoms with van der Waals surface area (Å²) >= 11 is 5.73. The summed E-state index contributed by atoms with van der Waals surface area (Å²) in [5.41, 5.74) is 4.88. The van der Waals surface area contributed by atoms with E-state index in [9.17, 15) is 14.4 Å². The molecule has 3 rings (SSSR count). The molecule has 0 saturated carbocycles. The van der Waals surface area contributed by atoms with E-state index >= 15 is 0 Å². The van der Waals surface area contributed by atoms with Crippen molar-refractivity contribution in [3.05, 3.63) is 58.6 Å². The first-order valence-electron chi connectivity index (χ1n) is 7.44. The largest absolute Gasteiger partial charge is 0.454 e. The summed E-state index contributed by atoms with van der Waals surface area (Å²) in [7, 11) is 0. The van der Waals surface area contributed by atoms with Gasteiger partial charge in [-0.05, 0) is 42.5 Å². The highest BCUT2D eigenvalue weighted by Crippen LogP contribution is 2.32. The molecule has 1 aliphatic rings. The second-order valence-electron chi connectivity index (χ2n) is 5.15. The van der Waals surface area contributed by atoms with Gasteiger partial charge in [-0.1, -0.05) is 11.6 Å². The van der Waals surface area contributed by atoms with Crippen LogP contribution >= 0.6 is 11.6 Å². The van der Waals surface area contributed by atoms with Crippen LogP contribution in [-0.4, -0.2) is 31.2 Å². The molecule has 0 saturated heterocycles. The molecule has 0 bridgehead atoms. The van der Waals surface area contributed by atoms with Crippen LogP contribution in [0.3, 0.4) is 0 Å². The number of fused-ring (bicyclic) bond motifs is 1. The van der Waals surface area contributed by atoms with Gasteiger partial charge in [0.25, 0.3) is 11.8 Å². The van der Waals surface area contributed by atoms with Gasteiger partial charge in [-0.15, -0.1) is 0 Å². The number of hydrogen-bond acceptors (Lipinski definition) is 6. The second-order valence-corrected chi connectivity index (χ2v) is 5.59. The van der Waals surface area contributed by atoms with E-state index in [0.717, 1.165) is 0 Å². The highest BCUT2D eigenvalue weighted by molar-refractivity contribution is 6.30. The van der Waals surface area contributed by atoms with E-state index in [1.165, 1.54) is 24.3 Å². The minimum Gasteiger partial charge on any atom is -0.454 e. The van der Waals surface area contributed by atoms with Crippen molar-refractivity contribution in [2.75, 3.05) is 13.4 Å². The average molecular weight is 377 g/mol. The molecule has 0 atom stereocenters. The van der Waals surface area contributed by atoms with Crippen molar-refractivity contribution >= 4 is 29.4 Å². The van der Waals surface area contributed by atoms with Crippen LogP contribution in [0, 0.1) is 0 Å². The van der Waals surface area contributed by atoms with Crippen molar-refractivity contribution in [1.29, 1.82) is 0 Å². The van der Waals surface area contributed by atoms with Gasteiger partial charge in [-0.2, -0.15) is 0 Å². The minimum absolute atomic E-state index is 0.0869. The molecule has 0 fully saturated rings. The van der Waals surface area contributed by atoms with E-state index in [-0.39, 0.29) is 12.4 Å². The number of hydrazine groups is 1. The van der Waals surface area contributed by atoms with E-state index < -0.39 is 24.4 Å². The molecule has 0 radical (unpaired) electrons. The Bertz CT molecular complexity index is 853. The van der Waals surface area contributed by atoms with E-state index in [2.05, 4.69) is 10.9 Å². The lowest BCUT2D eigenvalue weighted by molar-refractivity contribution is -0.125. The zero-order chi connectivity index (χ0) is 18.5. The maximum Gasteiger partial charge on any atom is 0.338 e. The van der Waals surface area contributed by atoms with Gasteiger partial charge in [-0.25, -0.2) is 4.79 Å². The number of hydrogen-bond donors (Lipinski definition) is 2. The van der Waals surface area contributed by atoms with Gasteiger partial charge in [0.05, 0.1) is 5.56 Å². The zero-order valence-corrected chi connectivity index (χ0v) is 14.0. The number of nitrogens with one attached hydrogen (secondary N) is 2. The molecule has 0 spiro atoms. The van der Waals surface area contributed by atoms with Crippen LogP contribution in [0.15, 0.2) is 42.5 Å². The third kappa shape index (κ3) is 4.22. The average Bonchev–Trinajstić information content (AvgIpc) is 3.12. The number of halogens is 1. The van der Waals surface area contributed by atoms with Gasteiger partial charge < -0.3 is 14.2 Å². The highest BCUT2D eigenvalue weighted by Gasteiger charge is 2.17. The van der Waals surface area contributed by atoms with Crippen LogP contribution in [0.2, 0.25) is 5.02 Å². The summed E-state index contributed by atoms with van der Waals surface area (Å²) < 4.78 is 15.2. The van der Waals surface area contributed by atoms with Crippen molar-refractivity contribution in [1.82, 2.24) is 10.9 Å². The Kier molecular flexibility index (Phi) is 5.23.